The summed E-state index contributed by atoms with van der Waals surface area (Å²) < 4.78 is 13.8. The molecule has 0 spiro atoms. The largest absolute Gasteiger partial charge is 0.376 e. The first-order valence-corrected chi connectivity index (χ1v) is 7.31. The van der Waals surface area contributed by atoms with Gasteiger partial charge in [-0.3, -0.25) is 14.9 Å². The topological polar surface area (TPSA) is 75.5 Å². The molecule has 0 radical (unpaired) electrons. The third-order valence-electron chi connectivity index (χ3n) is 3.46. The number of nitrogens with one attached hydrogen (secondary N) is 1. The highest BCUT2D eigenvalue weighted by Crippen LogP contribution is 2.28. The lowest BCUT2D eigenvalue weighted by atomic mass is 10.1. The van der Waals surface area contributed by atoms with E-state index < -0.39 is 22.3 Å². The van der Waals surface area contributed by atoms with Crippen molar-refractivity contribution in [3.8, 4) is 0 Å². The van der Waals surface area contributed by atoms with Crippen LogP contribution in [0.5, 0.6) is 0 Å². The second-order valence-corrected chi connectivity index (χ2v) is 5.78. The first kappa shape index (κ1) is 17.7. The number of anilines is 2. The molecule has 0 aliphatic rings. The highest BCUT2D eigenvalue weighted by molar-refractivity contribution is 6.33. The van der Waals surface area contributed by atoms with Crippen LogP contribution in [-0.4, -0.2) is 24.9 Å². The number of carbonyl (C=O) groups is 1. The van der Waals surface area contributed by atoms with Crippen LogP contribution in [0.25, 0.3) is 0 Å². The molecule has 126 valence electrons. The van der Waals surface area contributed by atoms with Gasteiger partial charge in [0.2, 0.25) is 0 Å². The number of hydrogen-bond donors (Lipinski definition) is 1. The summed E-state index contributed by atoms with van der Waals surface area (Å²) in [5, 5.41) is 13.9. The molecular formula is C16H15ClFN3O3. The monoisotopic (exact) mass is 351 g/mol. The van der Waals surface area contributed by atoms with Crippen LogP contribution in [0.15, 0.2) is 30.3 Å². The normalized spacial score (nSPS) is 10.4. The number of hydrogen-bond acceptors (Lipinski definition) is 4. The van der Waals surface area contributed by atoms with Crippen LogP contribution in [0.1, 0.15) is 15.9 Å². The molecule has 1 amide bonds. The average molecular weight is 352 g/mol. The molecule has 2 rings (SSSR count). The van der Waals surface area contributed by atoms with Gasteiger partial charge in [0.05, 0.1) is 21.2 Å². The minimum atomic E-state index is -0.810. The number of nitrogens with zero attached hydrogens (tertiary/aromatic N) is 2. The Morgan fingerprint density at radius 1 is 1.29 bits per heavy atom. The fraction of sp³-hybridized carbons (Fsp3) is 0.188. The van der Waals surface area contributed by atoms with Gasteiger partial charge in [0.1, 0.15) is 5.82 Å². The number of nitro benzene ring substituents is 1. The summed E-state index contributed by atoms with van der Waals surface area (Å²) >= 11 is 6.12. The fourth-order valence-corrected chi connectivity index (χ4v) is 2.49. The molecule has 0 bridgehead atoms. The van der Waals surface area contributed by atoms with Crippen molar-refractivity contribution in [1.29, 1.82) is 0 Å². The first-order chi connectivity index (χ1) is 11.2. The van der Waals surface area contributed by atoms with E-state index in [1.165, 1.54) is 6.92 Å². The molecule has 1 N–H and O–H groups in total. The molecule has 2 aromatic rings. The van der Waals surface area contributed by atoms with Crippen LogP contribution < -0.4 is 10.2 Å². The molecule has 8 heteroatoms. The van der Waals surface area contributed by atoms with Gasteiger partial charge in [-0.2, -0.15) is 0 Å². The van der Waals surface area contributed by atoms with Gasteiger partial charge >= 0.3 is 0 Å². The van der Waals surface area contributed by atoms with E-state index in [9.17, 15) is 19.3 Å². The SMILES string of the molecule is Cc1c(F)cc(C(=O)Nc2ccc(N(C)C)c(Cl)c2)cc1[N+](=O)[O-]. The quantitative estimate of drug-likeness (QED) is 0.667. The van der Waals surface area contributed by atoms with Gasteiger partial charge in [-0.1, -0.05) is 11.6 Å². The summed E-state index contributed by atoms with van der Waals surface area (Å²) in [7, 11) is 3.65. The summed E-state index contributed by atoms with van der Waals surface area (Å²) in [5.74, 6) is -1.47. The van der Waals surface area contributed by atoms with Gasteiger partial charge in [-0.15, -0.1) is 0 Å². The fourth-order valence-electron chi connectivity index (χ4n) is 2.14. The highest BCUT2D eigenvalue weighted by atomic mass is 35.5. The van der Waals surface area contributed by atoms with Gasteiger partial charge in [0, 0.05) is 31.4 Å². The summed E-state index contributed by atoms with van der Waals surface area (Å²) in [6.07, 6.45) is 0. The highest BCUT2D eigenvalue weighted by Gasteiger charge is 2.19. The maximum Gasteiger partial charge on any atom is 0.276 e. The molecule has 2 aromatic carbocycles. The van der Waals surface area contributed by atoms with E-state index >= 15 is 0 Å². The molecule has 0 saturated heterocycles. The second-order valence-electron chi connectivity index (χ2n) is 5.37. The molecule has 0 aromatic heterocycles. The maximum absolute atomic E-state index is 13.8. The summed E-state index contributed by atoms with van der Waals surface area (Å²) in [6.45, 7) is 1.29. The minimum absolute atomic E-state index is 0.116. The predicted octanol–water partition coefficient (Wildman–Crippen LogP) is 4.01. The van der Waals surface area contributed by atoms with E-state index in [0.29, 0.717) is 10.7 Å². The molecule has 0 heterocycles. The lowest BCUT2D eigenvalue weighted by molar-refractivity contribution is -0.385. The number of nitro groups is 1. The standard InChI is InChI=1S/C16H15ClFN3O3/c1-9-13(18)6-10(7-15(9)21(23)24)16(22)19-11-4-5-14(20(2)3)12(17)8-11/h4-8H,1-3H3,(H,19,22). The van der Waals surface area contributed by atoms with Crippen molar-refractivity contribution >= 4 is 34.6 Å². The van der Waals surface area contributed by atoms with Gasteiger partial charge in [-0.25, -0.2) is 4.39 Å². The van der Waals surface area contributed by atoms with E-state index in [2.05, 4.69) is 5.32 Å². The van der Waals surface area contributed by atoms with Crippen molar-refractivity contribution < 1.29 is 14.1 Å². The summed E-state index contributed by atoms with van der Waals surface area (Å²) in [5.41, 5.74) is 0.472. The Hall–Kier alpha value is -2.67. The Morgan fingerprint density at radius 2 is 1.96 bits per heavy atom. The summed E-state index contributed by atoms with van der Waals surface area (Å²) in [6, 6.07) is 6.92. The molecule has 0 aliphatic carbocycles. The number of rotatable bonds is 4. The Labute approximate surface area is 143 Å². The molecule has 6 nitrogen and oxygen atoms in total. The third-order valence-corrected chi connectivity index (χ3v) is 3.77. The molecule has 24 heavy (non-hydrogen) atoms. The van der Waals surface area contributed by atoms with E-state index in [1.807, 2.05) is 19.0 Å². The van der Waals surface area contributed by atoms with Crippen LogP contribution in [0.3, 0.4) is 0 Å². The molecule has 0 unspecified atom stereocenters. The molecule has 0 aliphatic heterocycles. The van der Waals surface area contributed by atoms with E-state index in [1.54, 1.807) is 18.2 Å². The number of halogens is 2. The zero-order valence-electron chi connectivity index (χ0n) is 13.3. The predicted molar refractivity (Wildman–Crippen MR) is 91.5 cm³/mol. The first-order valence-electron chi connectivity index (χ1n) is 6.93. The summed E-state index contributed by atoms with van der Waals surface area (Å²) in [4.78, 5) is 24.3. The molecular weight excluding hydrogens is 337 g/mol. The van der Waals surface area contributed by atoms with E-state index in [-0.39, 0.29) is 11.1 Å². The second kappa shape index (κ2) is 6.84. The van der Waals surface area contributed by atoms with Gasteiger partial charge in [-0.05, 0) is 31.2 Å². The van der Waals surface area contributed by atoms with Crippen LogP contribution >= 0.6 is 11.6 Å². The van der Waals surface area contributed by atoms with Gasteiger partial charge in [0.25, 0.3) is 11.6 Å². The minimum Gasteiger partial charge on any atom is -0.376 e. The Morgan fingerprint density at radius 3 is 2.50 bits per heavy atom. The van der Waals surface area contributed by atoms with Crippen molar-refractivity contribution in [2.24, 2.45) is 0 Å². The number of carbonyl (C=O) groups excluding carboxylic acids is 1. The van der Waals surface area contributed by atoms with Gasteiger partial charge < -0.3 is 10.2 Å². The van der Waals surface area contributed by atoms with Crippen molar-refractivity contribution in [3.63, 3.8) is 0 Å². The van der Waals surface area contributed by atoms with Crippen molar-refractivity contribution in [2.75, 3.05) is 24.3 Å². The smallest absolute Gasteiger partial charge is 0.276 e. The van der Waals surface area contributed by atoms with Crippen molar-refractivity contribution in [2.45, 2.75) is 6.92 Å². The van der Waals surface area contributed by atoms with Crippen LogP contribution in [0, 0.1) is 22.9 Å². The number of benzene rings is 2. The Balaban J connectivity index is 2.30. The Kier molecular flexibility index (Phi) is 5.04. The van der Waals surface area contributed by atoms with Crippen LogP contribution in [0.2, 0.25) is 5.02 Å². The molecule has 0 fully saturated rings. The van der Waals surface area contributed by atoms with E-state index in [4.69, 9.17) is 11.6 Å². The Bertz CT molecular complexity index is 824. The lowest BCUT2D eigenvalue weighted by Gasteiger charge is -2.15. The van der Waals surface area contributed by atoms with Crippen LogP contribution in [-0.2, 0) is 0 Å². The third kappa shape index (κ3) is 3.62. The molecule has 0 atom stereocenters. The average Bonchev–Trinajstić information content (AvgIpc) is 2.49. The zero-order chi connectivity index (χ0) is 18.0. The lowest BCUT2D eigenvalue weighted by Crippen LogP contribution is -2.14. The zero-order valence-corrected chi connectivity index (χ0v) is 14.0. The van der Waals surface area contributed by atoms with Crippen molar-refractivity contribution in [3.05, 3.63) is 62.4 Å². The van der Waals surface area contributed by atoms with Gasteiger partial charge in [0.15, 0.2) is 0 Å². The van der Waals surface area contributed by atoms with Crippen LogP contribution in [0.4, 0.5) is 21.5 Å². The van der Waals surface area contributed by atoms with E-state index in [0.717, 1.165) is 17.8 Å². The number of amides is 1. The van der Waals surface area contributed by atoms with Crippen molar-refractivity contribution in [1.82, 2.24) is 0 Å². The molecule has 0 saturated carbocycles. The maximum atomic E-state index is 13.8.